The van der Waals surface area contributed by atoms with Crippen molar-refractivity contribution in [3.05, 3.63) is 0 Å². The first-order valence-electron chi connectivity index (χ1n) is 7.83. The van der Waals surface area contributed by atoms with Crippen LogP contribution < -0.4 is 5.32 Å². The van der Waals surface area contributed by atoms with E-state index < -0.39 is 0 Å². The Labute approximate surface area is 107 Å². The number of rotatable bonds is 5. The third-order valence-corrected chi connectivity index (χ3v) is 4.60. The van der Waals surface area contributed by atoms with Crippen molar-refractivity contribution in [3.63, 3.8) is 0 Å². The molecule has 2 rings (SSSR count). The van der Waals surface area contributed by atoms with E-state index in [1.54, 1.807) is 0 Å². The zero-order chi connectivity index (χ0) is 11.9. The summed E-state index contributed by atoms with van der Waals surface area (Å²) >= 11 is 0. The molecule has 1 atom stereocenters. The van der Waals surface area contributed by atoms with Crippen LogP contribution in [0.1, 0.15) is 64.7 Å². The summed E-state index contributed by atoms with van der Waals surface area (Å²) in [7, 11) is 0. The third kappa shape index (κ3) is 4.59. The highest BCUT2D eigenvalue weighted by atomic mass is 15.2. The molecule has 2 fully saturated rings. The third-order valence-electron chi connectivity index (χ3n) is 4.60. The highest BCUT2D eigenvalue weighted by molar-refractivity contribution is 4.75. The van der Waals surface area contributed by atoms with Crippen molar-refractivity contribution in [3.8, 4) is 0 Å². The Balaban J connectivity index is 1.53. The average molecular weight is 238 g/mol. The fourth-order valence-corrected chi connectivity index (χ4v) is 3.38. The van der Waals surface area contributed by atoms with Crippen molar-refractivity contribution in [1.82, 2.24) is 10.2 Å². The van der Waals surface area contributed by atoms with Crippen LogP contribution in [0.3, 0.4) is 0 Å². The second kappa shape index (κ2) is 7.38. The highest BCUT2D eigenvalue weighted by Crippen LogP contribution is 2.18. The predicted molar refractivity (Wildman–Crippen MR) is 74.4 cm³/mol. The normalized spacial score (nSPS) is 28.4. The highest BCUT2D eigenvalue weighted by Gasteiger charge is 2.17. The Hall–Kier alpha value is -0.0800. The Morgan fingerprint density at radius 2 is 1.76 bits per heavy atom. The summed E-state index contributed by atoms with van der Waals surface area (Å²) in [5.74, 6) is 0. The van der Waals surface area contributed by atoms with E-state index in [1.165, 1.54) is 77.4 Å². The van der Waals surface area contributed by atoms with Crippen LogP contribution in [-0.2, 0) is 0 Å². The van der Waals surface area contributed by atoms with Gasteiger partial charge in [-0.3, -0.25) is 0 Å². The molecule has 1 N–H and O–H groups in total. The maximum atomic E-state index is 3.75. The van der Waals surface area contributed by atoms with Crippen LogP contribution in [0.2, 0.25) is 0 Å². The van der Waals surface area contributed by atoms with Gasteiger partial charge >= 0.3 is 0 Å². The summed E-state index contributed by atoms with van der Waals surface area (Å²) in [6.07, 6.45) is 12.8. The lowest BCUT2D eigenvalue weighted by Crippen LogP contribution is -2.39. The molecule has 0 bridgehead atoms. The van der Waals surface area contributed by atoms with E-state index in [4.69, 9.17) is 0 Å². The molecule has 0 aromatic heterocycles. The summed E-state index contributed by atoms with van der Waals surface area (Å²) < 4.78 is 0. The molecular weight excluding hydrogens is 208 g/mol. The number of nitrogens with zero attached hydrogens (tertiary/aromatic N) is 1. The van der Waals surface area contributed by atoms with Crippen molar-refractivity contribution in [2.24, 2.45) is 0 Å². The van der Waals surface area contributed by atoms with Gasteiger partial charge in [-0.05, 0) is 58.7 Å². The molecule has 17 heavy (non-hydrogen) atoms. The number of hydrogen-bond acceptors (Lipinski definition) is 2. The van der Waals surface area contributed by atoms with Crippen LogP contribution in [0.4, 0.5) is 0 Å². The van der Waals surface area contributed by atoms with Crippen LogP contribution in [0, 0.1) is 0 Å². The van der Waals surface area contributed by atoms with E-state index in [2.05, 4.69) is 17.1 Å². The Kier molecular flexibility index (Phi) is 5.79. The largest absolute Gasteiger partial charge is 0.314 e. The Morgan fingerprint density at radius 1 is 1.00 bits per heavy atom. The zero-order valence-corrected chi connectivity index (χ0v) is 11.6. The first kappa shape index (κ1) is 13.4. The summed E-state index contributed by atoms with van der Waals surface area (Å²) in [4.78, 5) is 2.69. The zero-order valence-electron chi connectivity index (χ0n) is 11.6. The topological polar surface area (TPSA) is 15.3 Å². The molecule has 1 aliphatic carbocycles. The maximum absolute atomic E-state index is 3.75. The average Bonchev–Trinajstić information content (AvgIpc) is 2.38. The SMILES string of the molecule is CC1CCCCN1CCCNC1CCCCC1. The number of piperidine rings is 1. The fourth-order valence-electron chi connectivity index (χ4n) is 3.38. The second-order valence-electron chi connectivity index (χ2n) is 6.02. The quantitative estimate of drug-likeness (QED) is 0.740. The van der Waals surface area contributed by atoms with E-state index in [1.807, 2.05) is 0 Å². The molecule has 0 spiro atoms. The number of likely N-dealkylation sites (tertiary alicyclic amines) is 1. The second-order valence-corrected chi connectivity index (χ2v) is 6.02. The number of hydrogen-bond donors (Lipinski definition) is 1. The molecule has 0 aromatic rings. The van der Waals surface area contributed by atoms with Gasteiger partial charge in [0.2, 0.25) is 0 Å². The Bertz CT molecular complexity index is 199. The fraction of sp³-hybridized carbons (Fsp3) is 1.00. The first-order chi connectivity index (χ1) is 8.36. The van der Waals surface area contributed by atoms with Gasteiger partial charge in [0.25, 0.3) is 0 Å². The minimum absolute atomic E-state index is 0.832. The molecule has 100 valence electrons. The standard InChI is InChI=1S/C15H30N2/c1-14-8-5-6-12-17(14)13-7-11-16-15-9-3-2-4-10-15/h14-16H,2-13H2,1H3. The summed E-state index contributed by atoms with van der Waals surface area (Å²) in [6, 6.07) is 1.67. The van der Waals surface area contributed by atoms with Crippen LogP contribution in [0.25, 0.3) is 0 Å². The van der Waals surface area contributed by atoms with Gasteiger partial charge in [0.1, 0.15) is 0 Å². The van der Waals surface area contributed by atoms with E-state index in [-0.39, 0.29) is 0 Å². The summed E-state index contributed by atoms with van der Waals surface area (Å²) in [6.45, 7) is 6.27. The van der Waals surface area contributed by atoms with E-state index in [0.717, 1.165) is 12.1 Å². The van der Waals surface area contributed by atoms with Gasteiger partial charge in [0.15, 0.2) is 0 Å². The van der Waals surface area contributed by atoms with Crippen molar-refractivity contribution in [1.29, 1.82) is 0 Å². The van der Waals surface area contributed by atoms with Crippen molar-refractivity contribution in [2.75, 3.05) is 19.6 Å². The summed E-state index contributed by atoms with van der Waals surface area (Å²) in [5.41, 5.74) is 0. The van der Waals surface area contributed by atoms with Crippen LogP contribution in [0.5, 0.6) is 0 Å². The van der Waals surface area contributed by atoms with Gasteiger partial charge in [-0.1, -0.05) is 25.7 Å². The molecule has 1 saturated carbocycles. The van der Waals surface area contributed by atoms with Crippen molar-refractivity contribution in [2.45, 2.75) is 76.8 Å². The Morgan fingerprint density at radius 3 is 2.53 bits per heavy atom. The van der Waals surface area contributed by atoms with Crippen molar-refractivity contribution >= 4 is 0 Å². The lowest BCUT2D eigenvalue weighted by Gasteiger charge is -2.33. The minimum atomic E-state index is 0.832. The molecule has 2 heteroatoms. The number of nitrogens with one attached hydrogen (secondary N) is 1. The monoisotopic (exact) mass is 238 g/mol. The minimum Gasteiger partial charge on any atom is -0.314 e. The predicted octanol–water partition coefficient (Wildman–Crippen LogP) is 3.17. The van der Waals surface area contributed by atoms with Crippen LogP contribution in [-0.4, -0.2) is 36.6 Å². The molecular formula is C15H30N2. The molecule has 1 heterocycles. The van der Waals surface area contributed by atoms with E-state index in [9.17, 15) is 0 Å². The van der Waals surface area contributed by atoms with Gasteiger partial charge in [-0.15, -0.1) is 0 Å². The lowest BCUT2D eigenvalue weighted by molar-refractivity contribution is 0.158. The van der Waals surface area contributed by atoms with E-state index in [0.29, 0.717) is 0 Å². The maximum Gasteiger partial charge on any atom is 0.00670 e. The molecule has 0 radical (unpaired) electrons. The van der Waals surface area contributed by atoms with Crippen LogP contribution >= 0.6 is 0 Å². The van der Waals surface area contributed by atoms with Crippen LogP contribution in [0.15, 0.2) is 0 Å². The van der Waals surface area contributed by atoms with Gasteiger partial charge in [-0.2, -0.15) is 0 Å². The molecule has 0 amide bonds. The molecule has 2 nitrogen and oxygen atoms in total. The lowest BCUT2D eigenvalue weighted by atomic mass is 9.95. The molecule has 1 unspecified atom stereocenters. The van der Waals surface area contributed by atoms with Crippen molar-refractivity contribution < 1.29 is 0 Å². The van der Waals surface area contributed by atoms with Gasteiger partial charge in [0.05, 0.1) is 0 Å². The summed E-state index contributed by atoms with van der Waals surface area (Å²) in [5, 5.41) is 3.75. The molecule has 1 saturated heterocycles. The smallest absolute Gasteiger partial charge is 0.00670 e. The van der Waals surface area contributed by atoms with Gasteiger partial charge in [0, 0.05) is 12.1 Å². The van der Waals surface area contributed by atoms with Gasteiger partial charge < -0.3 is 10.2 Å². The molecule has 1 aliphatic heterocycles. The van der Waals surface area contributed by atoms with E-state index >= 15 is 0 Å². The first-order valence-corrected chi connectivity index (χ1v) is 7.83. The molecule has 2 aliphatic rings. The molecule has 0 aromatic carbocycles. The van der Waals surface area contributed by atoms with Gasteiger partial charge in [-0.25, -0.2) is 0 Å².